The summed E-state index contributed by atoms with van der Waals surface area (Å²) in [5.41, 5.74) is 1.03. The summed E-state index contributed by atoms with van der Waals surface area (Å²) >= 11 is 0. The monoisotopic (exact) mass is 534 g/mol. The van der Waals surface area contributed by atoms with E-state index in [0.29, 0.717) is 49.8 Å². The Labute approximate surface area is 223 Å². The lowest BCUT2D eigenvalue weighted by Crippen LogP contribution is -2.23. The molecule has 2 fully saturated rings. The van der Waals surface area contributed by atoms with Crippen molar-refractivity contribution in [1.29, 1.82) is 0 Å². The Bertz CT molecular complexity index is 1070. The second kappa shape index (κ2) is 13.6. The average Bonchev–Trinajstić information content (AvgIpc) is 2.93. The van der Waals surface area contributed by atoms with Crippen LogP contribution in [0.2, 0.25) is 0 Å². The van der Waals surface area contributed by atoms with Crippen LogP contribution in [0, 0.1) is 23.3 Å². The van der Waals surface area contributed by atoms with Gasteiger partial charge in [0, 0.05) is 12.2 Å². The molecule has 0 amide bonds. The second-order valence-electron chi connectivity index (χ2n) is 10.4. The van der Waals surface area contributed by atoms with Gasteiger partial charge in [-0.05, 0) is 99.8 Å². The first kappa shape index (κ1) is 28.6. The topological polar surface area (TPSA) is 27.7 Å². The van der Waals surface area contributed by atoms with E-state index in [1.165, 1.54) is 12.1 Å². The Morgan fingerprint density at radius 3 is 1.82 bits per heavy atom. The highest BCUT2D eigenvalue weighted by Gasteiger charge is 2.30. The Hall–Kier alpha value is -2.38. The van der Waals surface area contributed by atoms with Gasteiger partial charge in [-0.2, -0.15) is 4.39 Å². The molecule has 2 aromatic carbocycles. The van der Waals surface area contributed by atoms with Crippen LogP contribution < -0.4 is 4.74 Å². The van der Waals surface area contributed by atoms with Crippen LogP contribution in [-0.4, -0.2) is 25.4 Å². The SMILES string of the molecule is C=CCCOc1ccc(COC2CCC(c3ccc(C4CCC(OCC)CC4)c(F)c3F)CC2)c(F)c1F. The first-order valence-electron chi connectivity index (χ1n) is 13.8. The molecule has 0 heterocycles. The number of ether oxygens (including phenoxy) is 3. The molecule has 7 heteroatoms. The molecule has 2 saturated carbocycles. The van der Waals surface area contributed by atoms with Crippen molar-refractivity contribution in [3.05, 3.63) is 76.9 Å². The molecule has 208 valence electrons. The Morgan fingerprint density at radius 1 is 0.737 bits per heavy atom. The van der Waals surface area contributed by atoms with Gasteiger partial charge in [-0.15, -0.1) is 6.58 Å². The normalized spacial score (nSPS) is 23.8. The number of halogens is 4. The number of hydrogen-bond donors (Lipinski definition) is 0. The fourth-order valence-electron chi connectivity index (χ4n) is 5.78. The molecule has 0 radical (unpaired) electrons. The van der Waals surface area contributed by atoms with Crippen molar-refractivity contribution in [2.24, 2.45) is 0 Å². The van der Waals surface area contributed by atoms with E-state index in [9.17, 15) is 8.78 Å². The summed E-state index contributed by atoms with van der Waals surface area (Å²) < 4.78 is 75.8. The van der Waals surface area contributed by atoms with Gasteiger partial charge in [0.25, 0.3) is 0 Å². The van der Waals surface area contributed by atoms with Gasteiger partial charge in [-0.1, -0.05) is 18.2 Å². The lowest BCUT2D eigenvalue weighted by atomic mass is 9.79. The molecule has 2 aliphatic carbocycles. The largest absolute Gasteiger partial charge is 0.490 e. The molecule has 0 N–H and O–H groups in total. The lowest BCUT2D eigenvalue weighted by Gasteiger charge is -2.31. The first-order valence-corrected chi connectivity index (χ1v) is 13.8. The van der Waals surface area contributed by atoms with Gasteiger partial charge in [0.05, 0.1) is 25.4 Å². The van der Waals surface area contributed by atoms with Crippen LogP contribution in [0.15, 0.2) is 36.9 Å². The summed E-state index contributed by atoms with van der Waals surface area (Å²) in [6.07, 6.45) is 8.17. The predicted molar refractivity (Wildman–Crippen MR) is 139 cm³/mol. The van der Waals surface area contributed by atoms with Crippen molar-refractivity contribution in [1.82, 2.24) is 0 Å². The minimum Gasteiger partial charge on any atom is -0.490 e. The Kier molecular flexibility index (Phi) is 10.3. The van der Waals surface area contributed by atoms with Crippen molar-refractivity contribution >= 4 is 0 Å². The third-order valence-corrected chi connectivity index (χ3v) is 7.95. The van der Waals surface area contributed by atoms with Crippen LogP contribution in [-0.2, 0) is 16.1 Å². The molecule has 0 atom stereocenters. The molecule has 0 saturated heterocycles. The van der Waals surface area contributed by atoms with Crippen LogP contribution in [0.3, 0.4) is 0 Å². The maximum Gasteiger partial charge on any atom is 0.200 e. The standard InChI is InChI=1S/C31H38F4O3/c1-3-5-18-37-27-17-10-22(28(32)31(27)35)19-38-24-13-8-21(9-14-24)26-16-15-25(29(33)30(26)34)20-6-11-23(12-7-20)36-4-2/h3,10,15-17,20-21,23-24H,1,4-9,11-14,18-19H2,2H3. The van der Waals surface area contributed by atoms with Gasteiger partial charge in [0.2, 0.25) is 5.82 Å². The van der Waals surface area contributed by atoms with Gasteiger partial charge in [0.15, 0.2) is 23.2 Å². The summed E-state index contributed by atoms with van der Waals surface area (Å²) in [6, 6.07) is 6.40. The fraction of sp³-hybridized carbons (Fsp3) is 0.548. The maximum atomic E-state index is 15.2. The van der Waals surface area contributed by atoms with Crippen LogP contribution >= 0.6 is 0 Å². The fourth-order valence-corrected chi connectivity index (χ4v) is 5.78. The quantitative estimate of drug-likeness (QED) is 0.164. The van der Waals surface area contributed by atoms with Gasteiger partial charge >= 0.3 is 0 Å². The molecular weight excluding hydrogens is 496 g/mol. The summed E-state index contributed by atoms with van der Waals surface area (Å²) in [6.45, 7) is 6.38. The van der Waals surface area contributed by atoms with Crippen molar-refractivity contribution < 1.29 is 31.8 Å². The van der Waals surface area contributed by atoms with E-state index in [0.717, 1.165) is 25.7 Å². The highest BCUT2D eigenvalue weighted by molar-refractivity contribution is 5.32. The number of hydrogen-bond acceptors (Lipinski definition) is 3. The van der Waals surface area contributed by atoms with E-state index in [4.69, 9.17) is 14.2 Å². The average molecular weight is 535 g/mol. The smallest absolute Gasteiger partial charge is 0.200 e. The third kappa shape index (κ3) is 6.78. The van der Waals surface area contributed by atoms with Crippen molar-refractivity contribution in [2.75, 3.05) is 13.2 Å². The van der Waals surface area contributed by atoms with Gasteiger partial charge in [-0.25, -0.2) is 13.2 Å². The van der Waals surface area contributed by atoms with Crippen molar-refractivity contribution in [3.8, 4) is 5.75 Å². The Morgan fingerprint density at radius 2 is 1.29 bits per heavy atom. The second-order valence-corrected chi connectivity index (χ2v) is 10.4. The van der Waals surface area contributed by atoms with E-state index in [2.05, 4.69) is 6.58 Å². The lowest BCUT2D eigenvalue weighted by molar-refractivity contribution is 0.0116. The minimum absolute atomic E-state index is 0.0254. The van der Waals surface area contributed by atoms with Crippen molar-refractivity contribution in [2.45, 2.75) is 95.4 Å². The molecule has 0 aliphatic heterocycles. The number of benzene rings is 2. The van der Waals surface area contributed by atoms with Gasteiger partial charge < -0.3 is 14.2 Å². The molecular formula is C31H38F4O3. The van der Waals surface area contributed by atoms with Crippen LogP contribution in [0.5, 0.6) is 5.75 Å². The number of rotatable bonds is 11. The zero-order valence-corrected chi connectivity index (χ0v) is 22.1. The molecule has 0 spiro atoms. The summed E-state index contributed by atoms with van der Waals surface area (Å²) in [7, 11) is 0. The molecule has 2 aliphatic rings. The molecule has 4 rings (SSSR count). The Balaban J connectivity index is 1.29. The van der Waals surface area contributed by atoms with E-state index < -0.39 is 23.3 Å². The highest BCUT2D eigenvalue weighted by atomic mass is 19.2. The zero-order valence-electron chi connectivity index (χ0n) is 22.1. The van der Waals surface area contributed by atoms with E-state index >= 15 is 8.78 Å². The van der Waals surface area contributed by atoms with Gasteiger partial charge in [0.1, 0.15) is 0 Å². The van der Waals surface area contributed by atoms with Gasteiger partial charge in [-0.3, -0.25) is 0 Å². The van der Waals surface area contributed by atoms with E-state index in [1.54, 1.807) is 18.2 Å². The van der Waals surface area contributed by atoms with Crippen LogP contribution in [0.25, 0.3) is 0 Å². The summed E-state index contributed by atoms with van der Waals surface area (Å²) in [5, 5.41) is 0. The zero-order chi connectivity index (χ0) is 27.1. The summed E-state index contributed by atoms with van der Waals surface area (Å²) in [4.78, 5) is 0. The van der Waals surface area contributed by atoms with E-state index in [1.807, 2.05) is 6.92 Å². The first-order chi connectivity index (χ1) is 18.4. The van der Waals surface area contributed by atoms with Crippen LogP contribution in [0.1, 0.15) is 93.2 Å². The molecule has 0 unspecified atom stereocenters. The molecule has 0 bridgehead atoms. The highest BCUT2D eigenvalue weighted by Crippen LogP contribution is 2.40. The minimum atomic E-state index is -1.03. The molecule has 0 aromatic heterocycles. The molecule has 3 nitrogen and oxygen atoms in total. The van der Waals surface area contributed by atoms with E-state index in [-0.39, 0.29) is 48.6 Å². The molecule has 2 aromatic rings. The predicted octanol–water partition coefficient (Wildman–Crippen LogP) is 8.50. The van der Waals surface area contributed by atoms with Crippen LogP contribution in [0.4, 0.5) is 17.6 Å². The summed E-state index contributed by atoms with van der Waals surface area (Å²) in [5.74, 6) is -3.64. The molecule has 38 heavy (non-hydrogen) atoms. The maximum absolute atomic E-state index is 15.2. The van der Waals surface area contributed by atoms with Crippen molar-refractivity contribution in [3.63, 3.8) is 0 Å². The third-order valence-electron chi connectivity index (χ3n) is 7.95.